The molecule has 0 aliphatic carbocycles. The SMILES string of the molecule is CCCOC(=O)C(CC)N1CCOc2cc(CN)ccc21. The maximum absolute atomic E-state index is 12.2. The molecule has 0 amide bonds. The number of anilines is 1. The molecule has 2 N–H and O–H groups in total. The average Bonchev–Trinajstić information content (AvgIpc) is 2.53. The van der Waals surface area contributed by atoms with E-state index in [0.29, 0.717) is 32.7 Å². The van der Waals surface area contributed by atoms with Gasteiger partial charge in [0.25, 0.3) is 0 Å². The summed E-state index contributed by atoms with van der Waals surface area (Å²) in [6.45, 7) is 6.20. The number of hydrogen-bond donors (Lipinski definition) is 1. The lowest BCUT2D eigenvalue weighted by molar-refractivity contribution is -0.145. The summed E-state index contributed by atoms with van der Waals surface area (Å²) in [7, 11) is 0. The average molecular weight is 292 g/mol. The quantitative estimate of drug-likeness (QED) is 0.813. The van der Waals surface area contributed by atoms with E-state index in [1.807, 2.05) is 32.0 Å². The van der Waals surface area contributed by atoms with Crippen LogP contribution in [0.1, 0.15) is 32.3 Å². The first-order valence-corrected chi connectivity index (χ1v) is 7.60. The second-order valence-corrected chi connectivity index (χ2v) is 5.14. The third-order valence-electron chi connectivity index (χ3n) is 3.64. The zero-order valence-electron chi connectivity index (χ0n) is 12.8. The summed E-state index contributed by atoms with van der Waals surface area (Å²) < 4.78 is 11.0. The monoisotopic (exact) mass is 292 g/mol. The van der Waals surface area contributed by atoms with Gasteiger partial charge in [-0.15, -0.1) is 0 Å². The van der Waals surface area contributed by atoms with Crippen molar-refractivity contribution in [1.82, 2.24) is 0 Å². The normalized spacial score (nSPS) is 15.1. The Balaban J connectivity index is 2.22. The van der Waals surface area contributed by atoms with Crippen molar-refractivity contribution in [3.05, 3.63) is 23.8 Å². The number of benzene rings is 1. The van der Waals surface area contributed by atoms with Crippen LogP contribution in [0.25, 0.3) is 0 Å². The summed E-state index contributed by atoms with van der Waals surface area (Å²) in [4.78, 5) is 14.3. The number of rotatable bonds is 6. The van der Waals surface area contributed by atoms with E-state index in [1.165, 1.54) is 0 Å². The molecule has 1 unspecified atom stereocenters. The van der Waals surface area contributed by atoms with Crippen LogP contribution >= 0.6 is 0 Å². The second-order valence-electron chi connectivity index (χ2n) is 5.14. The maximum atomic E-state index is 12.2. The molecule has 0 radical (unpaired) electrons. The molecule has 1 heterocycles. The predicted octanol–water partition coefficient (Wildman–Crippen LogP) is 2.08. The van der Waals surface area contributed by atoms with Crippen LogP contribution in [0.15, 0.2) is 18.2 Å². The van der Waals surface area contributed by atoms with E-state index in [-0.39, 0.29) is 12.0 Å². The van der Waals surface area contributed by atoms with Gasteiger partial charge in [-0.3, -0.25) is 0 Å². The highest BCUT2D eigenvalue weighted by Crippen LogP contribution is 2.34. The highest BCUT2D eigenvalue weighted by molar-refractivity contribution is 5.81. The first-order valence-electron chi connectivity index (χ1n) is 7.60. The molecule has 0 saturated heterocycles. The standard InChI is InChI=1S/C16H24N2O3/c1-3-8-21-16(19)13(4-2)18-7-9-20-15-10-12(11-17)5-6-14(15)18/h5-6,10,13H,3-4,7-9,11,17H2,1-2H3. The van der Waals surface area contributed by atoms with E-state index in [4.69, 9.17) is 15.2 Å². The van der Waals surface area contributed by atoms with Gasteiger partial charge in [0, 0.05) is 6.54 Å². The topological polar surface area (TPSA) is 64.8 Å². The minimum absolute atomic E-state index is 0.157. The van der Waals surface area contributed by atoms with Crippen LogP contribution in [0.4, 0.5) is 5.69 Å². The van der Waals surface area contributed by atoms with Crippen molar-refractivity contribution in [2.75, 3.05) is 24.7 Å². The fourth-order valence-corrected chi connectivity index (χ4v) is 2.55. The number of carbonyl (C=O) groups excluding carboxylic acids is 1. The van der Waals surface area contributed by atoms with Gasteiger partial charge in [0.1, 0.15) is 18.4 Å². The molecule has 1 aliphatic rings. The molecule has 1 atom stereocenters. The summed E-state index contributed by atoms with van der Waals surface area (Å²) >= 11 is 0. The van der Waals surface area contributed by atoms with Gasteiger partial charge in [-0.05, 0) is 30.5 Å². The van der Waals surface area contributed by atoms with Gasteiger partial charge in [-0.2, -0.15) is 0 Å². The van der Waals surface area contributed by atoms with Crippen molar-refractivity contribution < 1.29 is 14.3 Å². The molecule has 0 saturated carbocycles. The molecule has 1 aliphatic heterocycles. The second kappa shape index (κ2) is 7.31. The van der Waals surface area contributed by atoms with Gasteiger partial charge < -0.3 is 20.1 Å². The van der Waals surface area contributed by atoms with Crippen LogP contribution in [0.5, 0.6) is 5.75 Å². The minimum atomic E-state index is -0.261. The van der Waals surface area contributed by atoms with E-state index >= 15 is 0 Å². The molecule has 0 fully saturated rings. The Bertz CT molecular complexity index is 490. The molecule has 0 bridgehead atoms. The molecule has 5 nitrogen and oxygen atoms in total. The van der Waals surface area contributed by atoms with Crippen LogP contribution in [-0.4, -0.2) is 31.8 Å². The summed E-state index contributed by atoms with van der Waals surface area (Å²) in [6, 6.07) is 5.64. The molecular formula is C16H24N2O3. The lowest BCUT2D eigenvalue weighted by Crippen LogP contribution is -2.46. The zero-order valence-corrected chi connectivity index (χ0v) is 12.8. The van der Waals surface area contributed by atoms with Crippen LogP contribution < -0.4 is 15.4 Å². The minimum Gasteiger partial charge on any atom is -0.490 e. The summed E-state index contributed by atoms with van der Waals surface area (Å²) in [5.41, 5.74) is 7.63. The number of hydrogen-bond acceptors (Lipinski definition) is 5. The lowest BCUT2D eigenvalue weighted by Gasteiger charge is -2.36. The van der Waals surface area contributed by atoms with Crippen molar-refractivity contribution in [3.8, 4) is 5.75 Å². The largest absolute Gasteiger partial charge is 0.490 e. The Morgan fingerprint density at radius 2 is 2.29 bits per heavy atom. The summed E-state index contributed by atoms with van der Waals surface area (Å²) in [5, 5.41) is 0. The Hall–Kier alpha value is -1.75. The van der Waals surface area contributed by atoms with E-state index < -0.39 is 0 Å². The number of esters is 1. The number of nitrogens with zero attached hydrogens (tertiary/aromatic N) is 1. The van der Waals surface area contributed by atoms with Crippen molar-refractivity contribution in [2.24, 2.45) is 5.73 Å². The van der Waals surface area contributed by atoms with Crippen molar-refractivity contribution in [1.29, 1.82) is 0 Å². The van der Waals surface area contributed by atoms with Crippen LogP contribution in [0, 0.1) is 0 Å². The number of carbonyl (C=O) groups is 1. The van der Waals surface area contributed by atoms with Crippen LogP contribution in [-0.2, 0) is 16.1 Å². The van der Waals surface area contributed by atoms with Gasteiger partial charge in [0.05, 0.1) is 18.8 Å². The van der Waals surface area contributed by atoms with Crippen LogP contribution in [0.3, 0.4) is 0 Å². The number of nitrogens with two attached hydrogens (primary N) is 1. The maximum Gasteiger partial charge on any atom is 0.328 e. The molecule has 0 aromatic heterocycles. The van der Waals surface area contributed by atoms with Gasteiger partial charge in [0.2, 0.25) is 0 Å². The lowest BCUT2D eigenvalue weighted by atomic mass is 10.1. The fourth-order valence-electron chi connectivity index (χ4n) is 2.55. The Kier molecular flexibility index (Phi) is 5.44. The van der Waals surface area contributed by atoms with E-state index in [0.717, 1.165) is 23.4 Å². The van der Waals surface area contributed by atoms with Gasteiger partial charge in [0.15, 0.2) is 0 Å². The molecular weight excluding hydrogens is 268 g/mol. The smallest absolute Gasteiger partial charge is 0.328 e. The third kappa shape index (κ3) is 3.47. The van der Waals surface area contributed by atoms with E-state index in [9.17, 15) is 4.79 Å². The van der Waals surface area contributed by atoms with E-state index in [2.05, 4.69) is 4.90 Å². The summed E-state index contributed by atoms with van der Waals surface area (Å²) in [6.07, 6.45) is 1.54. The molecule has 0 spiro atoms. The molecule has 2 rings (SSSR count). The van der Waals surface area contributed by atoms with Gasteiger partial charge in [-0.25, -0.2) is 4.79 Å². The Morgan fingerprint density at radius 3 is 2.95 bits per heavy atom. The number of fused-ring (bicyclic) bond motifs is 1. The summed E-state index contributed by atoms with van der Waals surface area (Å²) in [5.74, 6) is 0.640. The fraction of sp³-hybridized carbons (Fsp3) is 0.562. The zero-order chi connectivity index (χ0) is 15.2. The first-order chi connectivity index (χ1) is 10.2. The molecule has 116 valence electrons. The Morgan fingerprint density at radius 1 is 1.48 bits per heavy atom. The molecule has 1 aromatic carbocycles. The van der Waals surface area contributed by atoms with Crippen LogP contribution in [0.2, 0.25) is 0 Å². The molecule has 1 aromatic rings. The Labute approximate surface area is 126 Å². The highest BCUT2D eigenvalue weighted by Gasteiger charge is 2.30. The predicted molar refractivity (Wildman–Crippen MR) is 82.5 cm³/mol. The number of ether oxygens (including phenoxy) is 2. The van der Waals surface area contributed by atoms with Crippen molar-refractivity contribution >= 4 is 11.7 Å². The van der Waals surface area contributed by atoms with Gasteiger partial charge >= 0.3 is 5.97 Å². The van der Waals surface area contributed by atoms with E-state index in [1.54, 1.807) is 0 Å². The van der Waals surface area contributed by atoms with Crippen molar-refractivity contribution in [2.45, 2.75) is 39.3 Å². The molecule has 5 heteroatoms. The highest BCUT2D eigenvalue weighted by atomic mass is 16.5. The van der Waals surface area contributed by atoms with Gasteiger partial charge in [-0.1, -0.05) is 19.9 Å². The van der Waals surface area contributed by atoms with Crippen molar-refractivity contribution in [3.63, 3.8) is 0 Å². The molecule has 21 heavy (non-hydrogen) atoms. The first kappa shape index (κ1) is 15.6. The third-order valence-corrected chi connectivity index (χ3v) is 3.64.